The number of nitrogens with zero attached hydrogens (tertiary/aromatic N) is 3. The second kappa shape index (κ2) is 6.33. The molecule has 4 rings (SSSR count). The van der Waals surface area contributed by atoms with Crippen molar-refractivity contribution in [2.45, 2.75) is 19.1 Å². The Balaban J connectivity index is 1.91. The molecule has 132 valence electrons. The number of halogens is 1. The zero-order valence-electron chi connectivity index (χ0n) is 13.8. The van der Waals surface area contributed by atoms with Gasteiger partial charge in [-0.1, -0.05) is 30.3 Å². The number of non-ortho nitro benzene ring substituents is 1. The molecule has 1 saturated carbocycles. The van der Waals surface area contributed by atoms with Crippen molar-refractivity contribution in [1.82, 2.24) is 0 Å². The maximum Gasteiger partial charge on any atom is 0.284 e. The summed E-state index contributed by atoms with van der Waals surface area (Å²) in [5.41, 5.74) is 1.61. The van der Waals surface area contributed by atoms with E-state index in [4.69, 9.17) is 0 Å². The van der Waals surface area contributed by atoms with Gasteiger partial charge in [-0.3, -0.25) is 14.9 Å². The molecule has 1 atom stereocenters. The third-order valence-electron chi connectivity index (χ3n) is 4.63. The van der Waals surface area contributed by atoms with Crippen LogP contribution in [0.3, 0.4) is 0 Å². The van der Waals surface area contributed by atoms with Gasteiger partial charge >= 0.3 is 0 Å². The molecule has 0 spiro atoms. The number of hydrogen-bond acceptors (Lipinski definition) is 4. The Hall–Kier alpha value is -3.09. The largest absolute Gasteiger partial charge is 0.307 e. The van der Waals surface area contributed by atoms with E-state index in [0.29, 0.717) is 29.3 Å². The Kier molecular flexibility index (Phi) is 3.99. The lowest BCUT2D eigenvalue weighted by Crippen LogP contribution is -2.37. The Labute approximate surface area is 149 Å². The van der Waals surface area contributed by atoms with Crippen LogP contribution >= 0.6 is 0 Å². The Morgan fingerprint density at radius 2 is 1.92 bits per heavy atom. The van der Waals surface area contributed by atoms with Gasteiger partial charge < -0.3 is 4.90 Å². The molecule has 6 nitrogen and oxygen atoms in total. The van der Waals surface area contributed by atoms with Gasteiger partial charge in [0.1, 0.15) is 0 Å². The number of nitro benzene ring substituents is 1. The monoisotopic (exact) mass is 353 g/mol. The van der Waals surface area contributed by atoms with Crippen molar-refractivity contribution in [1.29, 1.82) is 0 Å². The summed E-state index contributed by atoms with van der Waals surface area (Å²) in [6.07, 6.45) is -0.0411. The van der Waals surface area contributed by atoms with Crippen LogP contribution in [-0.2, 0) is 4.79 Å². The van der Waals surface area contributed by atoms with Gasteiger partial charge in [-0.2, -0.15) is 0 Å². The highest BCUT2D eigenvalue weighted by molar-refractivity contribution is 6.20. The highest BCUT2D eigenvalue weighted by Gasteiger charge is 2.36. The molecule has 7 heteroatoms. The smallest absolute Gasteiger partial charge is 0.284 e. The van der Waals surface area contributed by atoms with Gasteiger partial charge in [0, 0.05) is 29.8 Å². The van der Waals surface area contributed by atoms with Crippen molar-refractivity contribution < 1.29 is 14.1 Å². The summed E-state index contributed by atoms with van der Waals surface area (Å²) in [7, 11) is 0. The van der Waals surface area contributed by atoms with Crippen LogP contribution in [0, 0.1) is 16.0 Å². The number of benzene rings is 2. The number of anilines is 1. The summed E-state index contributed by atoms with van der Waals surface area (Å²) in [6.45, 7) is 0.404. The number of carbonyl (C=O) groups excluding carboxylic acids is 1. The molecular weight excluding hydrogens is 337 g/mol. The van der Waals surface area contributed by atoms with Crippen LogP contribution in [0.4, 0.5) is 15.8 Å². The predicted molar refractivity (Wildman–Crippen MR) is 95.2 cm³/mol. The highest BCUT2D eigenvalue weighted by atomic mass is 19.1. The van der Waals surface area contributed by atoms with Crippen LogP contribution in [0.1, 0.15) is 24.0 Å². The number of hydrogen-bond donors (Lipinski definition) is 0. The lowest BCUT2D eigenvalue weighted by Gasteiger charge is -2.23. The fraction of sp³-hybridized carbons (Fsp3) is 0.263. The summed E-state index contributed by atoms with van der Waals surface area (Å²) in [4.78, 5) is 28.7. The van der Waals surface area contributed by atoms with Crippen LogP contribution in [-0.4, -0.2) is 29.4 Å². The van der Waals surface area contributed by atoms with Crippen molar-refractivity contribution in [2.24, 2.45) is 10.9 Å². The number of carbonyl (C=O) groups is 1. The van der Waals surface area contributed by atoms with Gasteiger partial charge in [-0.15, -0.1) is 0 Å². The number of alkyl halides is 1. The zero-order valence-corrected chi connectivity index (χ0v) is 13.8. The standard InChI is InChI=1S/C19H16FN3O3/c20-18-19(24)22(11-12-6-7-12)16-9-8-14(23(25)26)10-15(16)17(21-18)13-4-2-1-3-5-13/h1-5,8-10,12,18H,6-7,11H2. The van der Waals surface area contributed by atoms with Crippen LogP contribution < -0.4 is 4.90 Å². The molecule has 26 heavy (non-hydrogen) atoms. The first kappa shape index (κ1) is 16.4. The molecular formula is C19H16FN3O3. The van der Waals surface area contributed by atoms with Gasteiger partial charge in [0.25, 0.3) is 17.9 Å². The van der Waals surface area contributed by atoms with E-state index in [0.717, 1.165) is 12.8 Å². The molecule has 1 unspecified atom stereocenters. The maximum atomic E-state index is 14.6. The third kappa shape index (κ3) is 2.96. The summed E-state index contributed by atoms with van der Waals surface area (Å²) < 4.78 is 14.6. The lowest BCUT2D eigenvalue weighted by molar-refractivity contribution is -0.384. The molecule has 1 heterocycles. The van der Waals surface area contributed by atoms with Gasteiger partial charge in [0.2, 0.25) is 0 Å². The fourth-order valence-corrected chi connectivity index (χ4v) is 3.12. The van der Waals surface area contributed by atoms with Crippen LogP contribution in [0.2, 0.25) is 0 Å². The van der Waals surface area contributed by atoms with Crippen molar-refractivity contribution in [3.8, 4) is 0 Å². The van der Waals surface area contributed by atoms with E-state index in [-0.39, 0.29) is 11.4 Å². The normalized spacial score (nSPS) is 19.6. The molecule has 0 saturated heterocycles. The Bertz CT molecular complexity index is 910. The summed E-state index contributed by atoms with van der Waals surface area (Å²) in [5, 5.41) is 11.2. The first-order valence-corrected chi connectivity index (χ1v) is 8.42. The number of nitro groups is 1. The minimum Gasteiger partial charge on any atom is -0.307 e. The van der Waals surface area contributed by atoms with Gasteiger partial charge in [-0.25, -0.2) is 9.38 Å². The second-order valence-corrected chi connectivity index (χ2v) is 6.53. The highest BCUT2D eigenvalue weighted by Crippen LogP contribution is 2.36. The molecule has 1 aliphatic heterocycles. The third-order valence-corrected chi connectivity index (χ3v) is 4.63. The predicted octanol–water partition coefficient (Wildman–Crippen LogP) is 3.48. The number of benzodiazepines with no additional fused rings is 1. The van der Waals surface area contributed by atoms with E-state index in [1.807, 2.05) is 6.07 Å². The summed E-state index contributed by atoms with van der Waals surface area (Å²) >= 11 is 0. The van der Waals surface area contributed by atoms with Gasteiger partial charge in [-0.05, 0) is 24.8 Å². The first-order chi connectivity index (χ1) is 12.5. The average molecular weight is 353 g/mol. The lowest BCUT2D eigenvalue weighted by atomic mass is 9.99. The molecule has 0 bridgehead atoms. The van der Waals surface area contributed by atoms with Gasteiger partial charge in [0.05, 0.1) is 16.3 Å². The van der Waals surface area contributed by atoms with Crippen LogP contribution in [0.5, 0.6) is 0 Å². The topological polar surface area (TPSA) is 75.8 Å². The molecule has 0 aromatic heterocycles. The van der Waals surface area contributed by atoms with Crippen molar-refractivity contribution >= 4 is 23.0 Å². The first-order valence-electron chi connectivity index (χ1n) is 8.42. The number of aliphatic imine (C=N–C) groups is 1. The van der Waals surface area contributed by atoms with Crippen molar-refractivity contribution in [3.63, 3.8) is 0 Å². The maximum absolute atomic E-state index is 14.6. The minimum atomic E-state index is -2.03. The van der Waals surface area contributed by atoms with Crippen LogP contribution in [0.25, 0.3) is 0 Å². The van der Waals surface area contributed by atoms with E-state index >= 15 is 0 Å². The van der Waals surface area contributed by atoms with E-state index in [2.05, 4.69) is 4.99 Å². The fourth-order valence-electron chi connectivity index (χ4n) is 3.12. The molecule has 1 aliphatic carbocycles. The number of fused-ring (bicyclic) bond motifs is 1. The van der Waals surface area contributed by atoms with E-state index < -0.39 is 17.1 Å². The number of amides is 1. The molecule has 1 fully saturated rings. The minimum absolute atomic E-state index is 0.122. The molecule has 0 N–H and O–H groups in total. The van der Waals surface area contributed by atoms with E-state index in [9.17, 15) is 19.3 Å². The Morgan fingerprint density at radius 1 is 1.19 bits per heavy atom. The molecule has 0 radical (unpaired) electrons. The molecule has 2 aliphatic rings. The molecule has 2 aromatic carbocycles. The average Bonchev–Trinajstić information content (AvgIpc) is 3.48. The second-order valence-electron chi connectivity index (χ2n) is 6.53. The van der Waals surface area contributed by atoms with Crippen molar-refractivity contribution in [3.05, 3.63) is 69.8 Å². The molecule has 2 aromatic rings. The summed E-state index contributed by atoms with van der Waals surface area (Å²) in [5.74, 6) is -0.384. The zero-order chi connectivity index (χ0) is 18.3. The van der Waals surface area contributed by atoms with Crippen molar-refractivity contribution in [2.75, 3.05) is 11.4 Å². The van der Waals surface area contributed by atoms with E-state index in [1.165, 1.54) is 23.1 Å². The van der Waals surface area contributed by atoms with Gasteiger partial charge in [0.15, 0.2) is 0 Å². The summed E-state index contributed by atoms with van der Waals surface area (Å²) in [6, 6.07) is 13.1. The van der Waals surface area contributed by atoms with E-state index in [1.54, 1.807) is 24.3 Å². The molecule has 1 amide bonds. The Morgan fingerprint density at radius 3 is 2.58 bits per heavy atom. The van der Waals surface area contributed by atoms with Crippen LogP contribution in [0.15, 0.2) is 53.5 Å². The SMILES string of the molecule is O=C1C(F)N=C(c2ccccc2)c2cc([N+](=O)[O-])ccc2N1CC1CC1. The quantitative estimate of drug-likeness (QED) is 0.480. The number of rotatable bonds is 4.